The number of amides is 2. The van der Waals surface area contributed by atoms with Gasteiger partial charge in [-0.2, -0.15) is 0 Å². The summed E-state index contributed by atoms with van der Waals surface area (Å²) in [4.78, 5) is 14.3. The third kappa shape index (κ3) is 3.27. The number of carbonyl (C=O) groups is 1. The highest BCUT2D eigenvalue weighted by Gasteiger charge is 2.46. The quantitative estimate of drug-likeness (QED) is 0.931. The van der Waals surface area contributed by atoms with Crippen molar-refractivity contribution in [1.82, 2.24) is 10.2 Å². The fraction of sp³-hybridized carbons (Fsp3) is 0.350. The minimum atomic E-state index is -0.280. The molecule has 0 spiro atoms. The second kappa shape index (κ2) is 6.31. The van der Waals surface area contributed by atoms with Crippen molar-refractivity contribution in [3.05, 3.63) is 59.7 Å². The summed E-state index contributed by atoms with van der Waals surface area (Å²) in [6.45, 7) is 1.73. The van der Waals surface area contributed by atoms with Crippen LogP contribution in [0.2, 0.25) is 0 Å². The predicted molar refractivity (Wildman–Crippen MR) is 94.8 cm³/mol. The first-order valence-corrected chi connectivity index (χ1v) is 8.64. The third-order valence-electron chi connectivity index (χ3n) is 4.80. The number of nitrogens with zero attached hydrogens (tertiary/aromatic N) is 1. The van der Waals surface area contributed by atoms with E-state index in [2.05, 4.69) is 5.32 Å². The standard InChI is InChI=1S/C20H22N2O3/c1-22(14-15-5-3-2-4-6-15)19(23)21-20(9-10-20)16-7-8-17-18(13-16)25-12-11-24-17/h2-8,13H,9-12,14H2,1H3,(H,21,23). The number of rotatable bonds is 4. The number of hydrogen-bond donors (Lipinski definition) is 1. The normalized spacial score (nSPS) is 16.8. The van der Waals surface area contributed by atoms with E-state index < -0.39 is 0 Å². The van der Waals surface area contributed by atoms with Crippen LogP contribution in [-0.4, -0.2) is 31.2 Å². The largest absolute Gasteiger partial charge is 0.486 e. The minimum Gasteiger partial charge on any atom is -0.486 e. The molecule has 4 rings (SSSR count). The molecule has 0 atom stereocenters. The lowest BCUT2D eigenvalue weighted by Crippen LogP contribution is -2.43. The summed E-state index contributed by atoms with van der Waals surface area (Å²) in [6.07, 6.45) is 1.88. The van der Waals surface area contributed by atoms with Gasteiger partial charge < -0.3 is 19.7 Å². The second-order valence-corrected chi connectivity index (χ2v) is 6.71. The summed E-state index contributed by atoms with van der Waals surface area (Å²) in [7, 11) is 1.82. The van der Waals surface area contributed by atoms with Crippen LogP contribution >= 0.6 is 0 Å². The molecule has 0 aromatic heterocycles. The first kappa shape index (κ1) is 15.8. The Kier molecular flexibility index (Phi) is 3.99. The van der Waals surface area contributed by atoms with Gasteiger partial charge in [0.25, 0.3) is 0 Å². The summed E-state index contributed by atoms with van der Waals surface area (Å²) >= 11 is 0. The van der Waals surface area contributed by atoms with Crippen LogP contribution in [-0.2, 0) is 12.1 Å². The molecule has 1 saturated carbocycles. The molecule has 0 unspecified atom stereocenters. The molecule has 1 heterocycles. The van der Waals surface area contributed by atoms with Crippen molar-refractivity contribution >= 4 is 6.03 Å². The van der Waals surface area contributed by atoms with Gasteiger partial charge >= 0.3 is 6.03 Å². The van der Waals surface area contributed by atoms with E-state index >= 15 is 0 Å². The number of nitrogens with one attached hydrogen (secondary N) is 1. The lowest BCUT2D eigenvalue weighted by molar-refractivity contribution is 0.171. The summed E-state index contributed by atoms with van der Waals surface area (Å²) in [6, 6.07) is 15.9. The molecule has 0 saturated heterocycles. The molecule has 130 valence electrons. The van der Waals surface area contributed by atoms with Crippen molar-refractivity contribution in [3.63, 3.8) is 0 Å². The van der Waals surface area contributed by atoms with E-state index in [1.54, 1.807) is 4.90 Å². The molecular formula is C20H22N2O3. The monoisotopic (exact) mass is 338 g/mol. The van der Waals surface area contributed by atoms with E-state index in [0.717, 1.165) is 35.5 Å². The SMILES string of the molecule is CN(Cc1ccccc1)C(=O)NC1(c2ccc3c(c2)OCCO3)CC1. The Morgan fingerprint density at radius 1 is 1.08 bits per heavy atom. The van der Waals surface area contributed by atoms with Crippen LogP contribution in [0, 0.1) is 0 Å². The highest BCUT2D eigenvalue weighted by Crippen LogP contribution is 2.48. The summed E-state index contributed by atoms with van der Waals surface area (Å²) in [5.41, 5.74) is 1.92. The molecule has 0 bridgehead atoms. The van der Waals surface area contributed by atoms with Gasteiger partial charge in [0.05, 0.1) is 5.54 Å². The summed E-state index contributed by atoms with van der Waals surface area (Å²) in [5.74, 6) is 1.54. The number of benzene rings is 2. The van der Waals surface area contributed by atoms with E-state index in [1.165, 1.54) is 0 Å². The first-order valence-electron chi connectivity index (χ1n) is 8.64. The van der Waals surface area contributed by atoms with E-state index in [-0.39, 0.29) is 11.6 Å². The Labute approximate surface area is 147 Å². The molecule has 5 heteroatoms. The van der Waals surface area contributed by atoms with Crippen molar-refractivity contribution in [3.8, 4) is 11.5 Å². The zero-order chi connectivity index (χ0) is 17.3. The van der Waals surface area contributed by atoms with E-state index in [9.17, 15) is 4.79 Å². The maximum Gasteiger partial charge on any atom is 0.318 e. The average molecular weight is 338 g/mol. The molecule has 2 aliphatic rings. The van der Waals surface area contributed by atoms with Gasteiger partial charge in [-0.05, 0) is 36.1 Å². The fourth-order valence-corrected chi connectivity index (χ4v) is 3.18. The third-order valence-corrected chi connectivity index (χ3v) is 4.80. The molecule has 2 aromatic rings. The molecule has 1 aliphatic carbocycles. The molecule has 25 heavy (non-hydrogen) atoms. The molecule has 1 N–H and O–H groups in total. The van der Waals surface area contributed by atoms with Crippen molar-refractivity contribution in [2.75, 3.05) is 20.3 Å². The average Bonchev–Trinajstić information content (AvgIpc) is 3.43. The van der Waals surface area contributed by atoms with Gasteiger partial charge in [0.2, 0.25) is 0 Å². The smallest absolute Gasteiger partial charge is 0.318 e. The molecule has 2 amide bonds. The molecule has 0 radical (unpaired) electrons. The Balaban J connectivity index is 1.45. The van der Waals surface area contributed by atoms with Crippen LogP contribution in [0.1, 0.15) is 24.0 Å². The van der Waals surface area contributed by atoms with Gasteiger partial charge in [0.1, 0.15) is 13.2 Å². The summed E-state index contributed by atoms with van der Waals surface area (Å²) in [5, 5.41) is 3.20. The highest BCUT2D eigenvalue weighted by atomic mass is 16.6. The van der Waals surface area contributed by atoms with Crippen LogP contribution in [0.5, 0.6) is 11.5 Å². The van der Waals surface area contributed by atoms with Crippen molar-refractivity contribution in [2.45, 2.75) is 24.9 Å². The lowest BCUT2D eigenvalue weighted by atomic mass is 10.0. The van der Waals surface area contributed by atoms with Gasteiger partial charge in [-0.15, -0.1) is 0 Å². The van der Waals surface area contributed by atoms with Crippen LogP contribution in [0.25, 0.3) is 0 Å². The van der Waals surface area contributed by atoms with Crippen LogP contribution in [0.3, 0.4) is 0 Å². The Hall–Kier alpha value is -2.69. The van der Waals surface area contributed by atoms with Crippen molar-refractivity contribution in [1.29, 1.82) is 0 Å². The van der Waals surface area contributed by atoms with Gasteiger partial charge in [-0.3, -0.25) is 0 Å². The Morgan fingerprint density at radius 2 is 1.80 bits per heavy atom. The van der Waals surface area contributed by atoms with Crippen molar-refractivity contribution < 1.29 is 14.3 Å². The number of hydrogen-bond acceptors (Lipinski definition) is 3. The number of carbonyl (C=O) groups excluding carboxylic acids is 1. The number of fused-ring (bicyclic) bond motifs is 1. The lowest BCUT2D eigenvalue weighted by Gasteiger charge is -2.25. The summed E-state index contributed by atoms with van der Waals surface area (Å²) < 4.78 is 11.2. The topological polar surface area (TPSA) is 50.8 Å². The fourth-order valence-electron chi connectivity index (χ4n) is 3.18. The maximum absolute atomic E-state index is 12.6. The van der Waals surface area contributed by atoms with Gasteiger partial charge in [-0.25, -0.2) is 4.79 Å². The number of ether oxygens (including phenoxy) is 2. The molecule has 1 aliphatic heterocycles. The predicted octanol–water partition coefficient (Wildman–Crippen LogP) is 3.29. The van der Waals surface area contributed by atoms with Crippen LogP contribution < -0.4 is 14.8 Å². The first-order chi connectivity index (χ1) is 12.2. The Bertz CT molecular complexity index is 772. The van der Waals surface area contributed by atoms with Gasteiger partial charge in [0, 0.05) is 13.6 Å². The second-order valence-electron chi connectivity index (χ2n) is 6.71. The van der Waals surface area contributed by atoms with E-state index in [0.29, 0.717) is 19.8 Å². The Morgan fingerprint density at radius 3 is 2.52 bits per heavy atom. The maximum atomic E-state index is 12.6. The minimum absolute atomic E-state index is 0.0590. The van der Waals surface area contributed by atoms with Crippen LogP contribution in [0.15, 0.2) is 48.5 Å². The van der Waals surface area contributed by atoms with Crippen molar-refractivity contribution in [2.24, 2.45) is 0 Å². The van der Waals surface area contributed by atoms with Gasteiger partial charge in [0.15, 0.2) is 11.5 Å². The highest BCUT2D eigenvalue weighted by molar-refractivity contribution is 5.75. The molecular weight excluding hydrogens is 316 g/mol. The molecule has 2 aromatic carbocycles. The van der Waals surface area contributed by atoms with Crippen LogP contribution in [0.4, 0.5) is 4.79 Å². The molecule has 1 fully saturated rings. The zero-order valence-electron chi connectivity index (χ0n) is 14.3. The zero-order valence-corrected chi connectivity index (χ0v) is 14.3. The number of urea groups is 1. The van der Waals surface area contributed by atoms with E-state index in [4.69, 9.17) is 9.47 Å². The molecule has 5 nitrogen and oxygen atoms in total. The van der Waals surface area contributed by atoms with E-state index in [1.807, 2.05) is 55.6 Å². The van der Waals surface area contributed by atoms with Gasteiger partial charge in [-0.1, -0.05) is 36.4 Å².